The van der Waals surface area contributed by atoms with Gasteiger partial charge in [0.25, 0.3) is 0 Å². The number of nitrogens with two attached hydrogens (primary N) is 1. The van der Waals surface area contributed by atoms with Gasteiger partial charge in [-0.15, -0.1) is 0 Å². The second-order valence-electron chi connectivity index (χ2n) is 10.5. The van der Waals surface area contributed by atoms with Crippen molar-refractivity contribution in [2.24, 2.45) is 28.0 Å². The lowest BCUT2D eigenvalue weighted by molar-refractivity contribution is -0.138. The van der Waals surface area contributed by atoms with Crippen LogP contribution in [0.15, 0.2) is 28.8 Å². The molecule has 0 unspecified atom stereocenters. The standard InChI is InChI=1S/C29H41ClN2O5/c1-17(13-14-29(5)18(2)10-12-24(33)20(29)4)9-11-21-26(34)22(19(3)25(30)27(21)35)16-32-15-7-6-8-23(31)28(36)37/h9,13-14,16,18,20,23,34-35H,6-8,10-12,15,31H2,1-5H3,(H,36,37)/t18-,20+,23+,29+/m1/s1. The van der Waals surface area contributed by atoms with Crippen molar-refractivity contribution in [1.29, 1.82) is 0 Å². The number of aliphatic imine (C=N–C) groups is 1. The van der Waals surface area contributed by atoms with Crippen molar-refractivity contribution in [2.45, 2.75) is 79.2 Å². The highest BCUT2D eigenvalue weighted by Crippen LogP contribution is 2.45. The molecule has 2 rings (SSSR count). The third-order valence-electron chi connectivity index (χ3n) is 7.99. The van der Waals surface area contributed by atoms with Gasteiger partial charge in [0.2, 0.25) is 0 Å². The van der Waals surface area contributed by atoms with Crippen molar-refractivity contribution in [1.82, 2.24) is 0 Å². The zero-order valence-electron chi connectivity index (χ0n) is 22.6. The fraction of sp³-hybridized carbons (Fsp3) is 0.552. The molecule has 1 aromatic rings. The number of hydrogen-bond donors (Lipinski definition) is 4. The summed E-state index contributed by atoms with van der Waals surface area (Å²) in [4.78, 5) is 27.4. The van der Waals surface area contributed by atoms with Gasteiger partial charge in [-0.05, 0) is 62.8 Å². The van der Waals surface area contributed by atoms with Crippen molar-refractivity contribution in [3.63, 3.8) is 0 Å². The number of phenolic OH excluding ortho intramolecular Hbond substituents is 2. The van der Waals surface area contributed by atoms with Gasteiger partial charge in [-0.25, -0.2) is 0 Å². The number of carbonyl (C=O) groups is 2. The number of aliphatic carboxylic acids is 1. The van der Waals surface area contributed by atoms with Crippen molar-refractivity contribution in [3.8, 4) is 11.5 Å². The van der Waals surface area contributed by atoms with Crippen LogP contribution in [0, 0.1) is 24.2 Å². The highest BCUT2D eigenvalue weighted by atomic mass is 35.5. The molecule has 204 valence electrons. The summed E-state index contributed by atoms with van der Waals surface area (Å²) in [6.07, 6.45) is 11.0. The minimum absolute atomic E-state index is 0.0416. The first kappa shape index (κ1) is 30.6. The zero-order chi connectivity index (χ0) is 27.9. The number of hydrogen-bond acceptors (Lipinski definition) is 6. The molecule has 0 heterocycles. The summed E-state index contributed by atoms with van der Waals surface area (Å²) in [7, 11) is 0. The van der Waals surface area contributed by atoms with Gasteiger partial charge in [0.1, 0.15) is 23.3 Å². The van der Waals surface area contributed by atoms with E-state index in [9.17, 15) is 19.8 Å². The number of Topliss-reactive ketones (excluding diaryl/α,β-unsaturated/α-hetero) is 1. The van der Waals surface area contributed by atoms with E-state index in [2.05, 4.69) is 24.9 Å². The number of ketones is 1. The number of benzene rings is 1. The number of carboxylic acid groups (broad SMARTS) is 1. The molecule has 0 bridgehead atoms. The fourth-order valence-electron chi connectivity index (χ4n) is 4.69. The quantitative estimate of drug-likeness (QED) is 0.163. The van der Waals surface area contributed by atoms with Gasteiger partial charge in [-0.3, -0.25) is 14.6 Å². The Bertz CT molecular complexity index is 1090. The highest BCUT2D eigenvalue weighted by Gasteiger charge is 2.41. The molecule has 0 radical (unpaired) electrons. The molecular formula is C29H41ClN2O5. The molecule has 8 heteroatoms. The van der Waals surface area contributed by atoms with Gasteiger partial charge in [-0.2, -0.15) is 0 Å². The molecule has 1 aliphatic rings. The second kappa shape index (κ2) is 13.2. The monoisotopic (exact) mass is 532 g/mol. The molecule has 0 spiro atoms. The van der Waals surface area contributed by atoms with Crippen LogP contribution in [-0.4, -0.2) is 45.9 Å². The summed E-state index contributed by atoms with van der Waals surface area (Å²) in [6.45, 7) is 10.4. The molecule has 4 atom stereocenters. The number of allylic oxidation sites excluding steroid dienone is 4. The van der Waals surface area contributed by atoms with E-state index in [1.807, 2.05) is 26.0 Å². The average molecular weight is 533 g/mol. The summed E-state index contributed by atoms with van der Waals surface area (Å²) < 4.78 is 0. The van der Waals surface area contributed by atoms with Gasteiger partial charge in [0.15, 0.2) is 0 Å². The Labute approximate surface area is 225 Å². The van der Waals surface area contributed by atoms with Crippen LogP contribution in [0.2, 0.25) is 5.02 Å². The van der Waals surface area contributed by atoms with Crippen LogP contribution in [0.5, 0.6) is 11.5 Å². The summed E-state index contributed by atoms with van der Waals surface area (Å²) >= 11 is 6.37. The highest BCUT2D eigenvalue weighted by molar-refractivity contribution is 6.33. The summed E-state index contributed by atoms with van der Waals surface area (Å²) in [5.74, 6) is -0.594. The summed E-state index contributed by atoms with van der Waals surface area (Å²) in [5, 5.41) is 30.6. The van der Waals surface area contributed by atoms with Crippen molar-refractivity contribution >= 4 is 29.6 Å². The van der Waals surface area contributed by atoms with Crippen molar-refractivity contribution < 1.29 is 24.9 Å². The Balaban J connectivity index is 2.16. The number of carboxylic acids is 1. The molecule has 7 nitrogen and oxygen atoms in total. The molecule has 1 saturated carbocycles. The molecule has 0 amide bonds. The first-order valence-corrected chi connectivity index (χ1v) is 13.3. The number of nitrogens with zero attached hydrogens (tertiary/aromatic N) is 1. The Morgan fingerprint density at radius 1 is 1.27 bits per heavy atom. The summed E-state index contributed by atoms with van der Waals surface area (Å²) in [5.41, 5.74) is 7.52. The molecule has 5 N–H and O–H groups in total. The lowest BCUT2D eigenvalue weighted by Gasteiger charge is -2.42. The average Bonchev–Trinajstić information content (AvgIpc) is 2.86. The third kappa shape index (κ3) is 7.45. The van der Waals surface area contributed by atoms with Crippen LogP contribution in [0.1, 0.15) is 76.5 Å². The second-order valence-corrected chi connectivity index (χ2v) is 10.9. The van der Waals surface area contributed by atoms with E-state index in [1.54, 1.807) is 6.92 Å². The van der Waals surface area contributed by atoms with Crippen LogP contribution in [-0.2, 0) is 16.0 Å². The van der Waals surface area contributed by atoms with Gasteiger partial charge in [0.05, 0.1) is 5.02 Å². The van der Waals surface area contributed by atoms with Gasteiger partial charge < -0.3 is 21.1 Å². The fourth-order valence-corrected chi connectivity index (χ4v) is 4.91. The van der Waals surface area contributed by atoms with Crippen molar-refractivity contribution in [2.75, 3.05) is 6.54 Å². The minimum Gasteiger partial charge on any atom is -0.507 e. The van der Waals surface area contributed by atoms with E-state index < -0.39 is 12.0 Å². The van der Waals surface area contributed by atoms with Crippen LogP contribution in [0.3, 0.4) is 0 Å². The van der Waals surface area contributed by atoms with E-state index >= 15 is 0 Å². The topological polar surface area (TPSA) is 133 Å². The predicted molar refractivity (Wildman–Crippen MR) is 149 cm³/mol. The molecule has 0 saturated heterocycles. The minimum atomic E-state index is -1.02. The maximum Gasteiger partial charge on any atom is 0.320 e. The molecular weight excluding hydrogens is 492 g/mol. The number of unbranched alkanes of at least 4 members (excludes halogenated alkanes) is 1. The van der Waals surface area contributed by atoms with E-state index in [0.717, 1.165) is 12.0 Å². The molecule has 1 aromatic carbocycles. The van der Waals surface area contributed by atoms with E-state index in [4.69, 9.17) is 22.4 Å². The van der Waals surface area contributed by atoms with Gasteiger partial charge in [0, 0.05) is 36.2 Å². The van der Waals surface area contributed by atoms with Crippen LogP contribution < -0.4 is 5.73 Å². The molecule has 1 aliphatic carbocycles. The third-order valence-corrected chi connectivity index (χ3v) is 8.46. The summed E-state index contributed by atoms with van der Waals surface area (Å²) in [6, 6.07) is -0.875. The number of carbonyl (C=O) groups excluding carboxylic acids is 1. The van der Waals surface area contributed by atoms with Gasteiger partial charge >= 0.3 is 5.97 Å². The number of rotatable bonds is 11. The lowest BCUT2D eigenvalue weighted by atomic mass is 9.61. The zero-order valence-corrected chi connectivity index (χ0v) is 23.3. The lowest BCUT2D eigenvalue weighted by Crippen LogP contribution is -2.40. The Kier molecular flexibility index (Phi) is 10.9. The SMILES string of the molecule is CC(C=C[C@@]1(C)[C@H](C)CCC(=O)[C@@H]1C)=CCc1c(O)c(Cl)c(C)c(C=NCCCC[C@H](N)C(=O)O)c1O. The van der Waals surface area contributed by atoms with Crippen LogP contribution in [0.25, 0.3) is 0 Å². The Hall–Kier alpha value is -2.64. The normalized spacial score (nSPS) is 23.8. The molecule has 37 heavy (non-hydrogen) atoms. The molecule has 0 aromatic heterocycles. The first-order valence-electron chi connectivity index (χ1n) is 12.9. The number of phenols is 2. The predicted octanol–water partition coefficient (Wildman–Crippen LogP) is 5.75. The smallest absolute Gasteiger partial charge is 0.320 e. The maximum absolute atomic E-state index is 12.3. The van der Waals surface area contributed by atoms with Crippen molar-refractivity contribution in [3.05, 3.63) is 45.5 Å². The maximum atomic E-state index is 12.3. The molecule has 1 fully saturated rings. The van der Waals surface area contributed by atoms with E-state index in [-0.39, 0.29) is 34.3 Å². The van der Waals surface area contributed by atoms with Gasteiger partial charge in [-0.1, -0.05) is 56.2 Å². The van der Waals surface area contributed by atoms with Crippen LogP contribution >= 0.6 is 11.6 Å². The largest absolute Gasteiger partial charge is 0.507 e. The van der Waals surface area contributed by atoms with Crippen LogP contribution in [0.4, 0.5) is 0 Å². The molecule has 0 aliphatic heterocycles. The Morgan fingerprint density at radius 2 is 1.95 bits per heavy atom. The first-order chi connectivity index (χ1) is 17.3. The Morgan fingerprint density at radius 3 is 2.59 bits per heavy atom. The van der Waals surface area contributed by atoms with E-state index in [1.165, 1.54) is 6.21 Å². The van der Waals surface area contributed by atoms with E-state index in [0.29, 0.717) is 60.6 Å². The number of halogens is 1. The number of aromatic hydroxyl groups is 2.